The van der Waals surface area contributed by atoms with Crippen LogP contribution in [0.3, 0.4) is 0 Å². The van der Waals surface area contributed by atoms with E-state index in [2.05, 4.69) is 4.90 Å². The number of nitrogens with zero attached hydrogens (tertiary/aromatic N) is 1. The van der Waals surface area contributed by atoms with Gasteiger partial charge in [0.1, 0.15) is 5.78 Å². The Bertz CT molecular complexity index is 241. The molecule has 1 aliphatic carbocycles. The van der Waals surface area contributed by atoms with Gasteiger partial charge in [-0.2, -0.15) is 0 Å². The van der Waals surface area contributed by atoms with E-state index >= 15 is 0 Å². The molecule has 3 nitrogen and oxygen atoms in total. The van der Waals surface area contributed by atoms with Crippen LogP contribution in [-0.2, 0) is 9.53 Å². The molecule has 2 fully saturated rings. The summed E-state index contributed by atoms with van der Waals surface area (Å²) in [5.41, 5.74) is 0. The van der Waals surface area contributed by atoms with E-state index in [0.717, 1.165) is 38.8 Å². The van der Waals surface area contributed by atoms with E-state index in [9.17, 15) is 4.79 Å². The number of hydrogen-bond acceptors (Lipinski definition) is 3. The molecule has 0 bridgehead atoms. The Kier molecular flexibility index (Phi) is 4.99. The molecule has 1 saturated carbocycles. The molecule has 1 aliphatic heterocycles. The third-order valence-corrected chi connectivity index (χ3v) is 4.31. The first-order chi connectivity index (χ1) is 8.29. The molecule has 98 valence electrons. The van der Waals surface area contributed by atoms with Gasteiger partial charge in [-0.05, 0) is 25.7 Å². The van der Waals surface area contributed by atoms with Gasteiger partial charge in [-0.25, -0.2) is 0 Å². The van der Waals surface area contributed by atoms with Gasteiger partial charge >= 0.3 is 0 Å². The average molecular weight is 239 g/mol. The van der Waals surface area contributed by atoms with Crippen molar-refractivity contribution in [2.45, 2.75) is 51.0 Å². The number of piperidine rings is 1. The topological polar surface area (TPSA) is 29.5 Å². The number of likely N-dealkylation sites (tertiary alicyclic amines) is 1. The monoisotopic (exact) mass is 239 g/mol. The van der Waals surface area contributed by atoms with Crippen LogP contribution in [0.25, 0.3) is 0 Å². The van der Waals surface area contributed by atoms with Gasteiger partial charge in [0, 0.05) is 26.1 Å². The maximum absolute atomic E-state index is 12.1. The first-order valence-corrected chi connectivity index (χ1v) is 7.07. The highest BCUT2D eigenvalue weighted by Gasteiger charge is 2.25. The molecule has 2 rings (SSSR count). The molecule has 0 amide bonds. The second-order valence-electron chi connectivity index (χ2n) is 5.51. The van der Waals surface area contributed by atoms with Crippen LogP contribution in [0.1, 0.15) is 44.9 Å². The molecule has 0 N–H and O–H groups in total. The zero-order valence-corrected chi connectivity index (χ0v) is 11.0. The van der Waals surface area contributed by atoms with Crippen LogP contribution >= 0.6 is 0 Å². The zero-order valence-electron chi connectivity index (χ0n) is 11.0. The molecule has 0 unspecified atom stereocenters. The van der Waals surface area contributed by atoms with E-state index in [-0.39, 0.29) is 0 Å². The predicted octanol–water partition coefficient (Wildman–Crippen LogP) is 2.25. The van der Waals surface area contributed by atoms with Crippen molar-refractivity contribution < 1.29 is 9.53 Å². The quantitative estimate of drug-likeness (QED) is 0.753. The van der Waals surface area contributed by atoms with E-state index in [0.29, 0.717) is 24.3 Å². The van der Waals surface area contributed by atoms with Crippen molar-refractivity contribution >= 4 is 5.78 Å². The van der Waals surface area contributed by atoms with E-state index in [1.165, 1.54) is 19.3 Å². The van der Waals surface area contributed by atoms with Crippen LogP contribution in [0.4, 0.5) is 0 Å². The summed E-state index contributed by atoms with van der Waals surface area (Å²) < 4.78 is 5.35. The van der Waals surface area contributed by atoms with Crippen LogP contribution in [-0.4, -0.2) is 43.5 Å². The van der Waals surface area contributed by atoms with Crippen LogP contribution in [0, 0.1) is 5.92 Å². The Labute approximate surface area is 105 Å². The number of carbonyl (C=O) groups is 1. The second-order valence-corrected chi connectivity index (χ2v) is 5.51. The van der Waals surface area contributed by atoms with Crippen LogP contribution in [0.15, 0.2) is 0 Å². The number of Topliss-reactive ketones (excluding diaryl/α,β-unsaturated/α-hetero) is 1. The van der Waals surface area contributed by atoms with Gasteiger partial charge in [0.2, 0.25) is 0 Å². The van der Waals surface area contributed by atoms with Gasteiger partial charge in [-0.3, -0.25) is 9.69 Å². The summed E-state index contributed by atoms with van der Waals surface area (Å²) in [5.74, 6) is 0.851. The SMILES string of the molecule is COC1CCN(CC(=O)C2CCCCC2)CC1. The lowest BCUT2D eigenvalue weighted by Crippen LogP contribution is -2.41. The molecular formula is C14H25NO2. The maximum atomic E-state index is 12.1. The highest BCUT2D eigenvalue weighted by molar-refractivity contribution is 5.83. The fourth-order valence-corrected chi connectivity index (χ4v) is 3.08. The molecule has 0 atom stereocenters. The van der Waals surface area contributed by atoms with Crippen LogP contribution < -0.4 is 0 Å². The Balaban J connectivity index is 1.71. The number of ether oxygens (including phenoxy) is 1. The minimum absolute atomic E-state index is 0.365. The summed E-state index contributed by atoms with van der Waals surface area (Å²) in [4.78, 5) is 14.5. The summed E-state index contributed by atoms with van der Waals surface area (Å²) in [5, 5.41) is 0. The maximum Gasteiger partial charge on any atom is 0.149 e. The summed E-state index contributed by atoms with van der Waals surface area (Å²) in [7, 11) is 1.79. The number of methoxy groups -OCH3 is 1. The van der Waals surface area contributed by atoms with Crippen LogP contribution in [0.5, 0.6) is 0 Å². The summed E-state index contributed by atoms with van der Waals surface area (Å²) in [6.45, 7) is 2.73. The predicted molar refractivity (Wildman–Crippen MR) is 68.1 cm³/mol. The summed E-state index contributed by atoms with van der Waals surface area (Å²) in [6, 6.07) is 0. The van der Waals surface area contributed by atoms with E-state index in [1.807, 2.05) is 0 Å². The van der Waals surface area contributed by atoms with E-state index in [1.54, 1.807) is 7.11 Å². The average Bonchev–Trinajstić information content (AvgIpc) is 2.40. The number of ketones is 1. The highest BCUT2D eigenvalue weighted by atomic mass is 16.5. The molecular weight excluding hydrogens is 214 g/mol. The van der Waals surface area contributed by atoms with Crippen molar-refractivity contribution in [3.8, 4) is 0 Å². The smallest absolute Gasteiger partial charge is 0.149 e. The lowest BCUT2D eigenvalue weighted by molar-refractivity contribution is -0.125. The lowest BCUT2D eigenvalue weighted by atomic mass is 9.86. The largest absolute Gasteiger partial charge is 0.381 e. The van der Waals surface area contributed by atoms with Crippen molar-refractivity contribution in [1.29, 1.82) is 0 Å². The minimum Gasteiger partial charge on any atom is -0.381 e. The van der Waals surface area contributed by atoms with Gasteiger partial charge in [0.25, 0.3) is 0 Å². The van der Waals surface area contributed by atoms with Crippen molar-refractivity contribution in [2.75, 3.05) is 26.7 Å². The fourth-order valence-electron chi connectivity index (χ4n) is 3.08. The third-order valence-electron chi connectivity index (χ3n) is 4.31. The van der Waals surface area contributed by atoms with Crippen molar-refractivity contribution in [3.63, 3.8) is 0 Å². The van der Waals surface area contributed by atoms with Gasteiger partial charge < -0.3 is 4.74 Å². The van der Waals surface area contributed by atoms with E-state index < -0.39 is 0 Å². The Morgan fingerprint density at radius 2 is 1.76 bits per heavy atom. The van der Waals surface area contributed by atoms with Crippen molar-refractivity contribution in [3.05, 3.63) is 0 Å². The van der Waals surface area contributed by atoms with Crippen molar-refractivity contribution in [2.24, 2.45) is 5.92 Å². The first kappa shape index (κ1) is 13.0. The highest BCUT2D eigenvalue weighted by Crippen LogP contribution is 2.25. The first-order valence-electron chi connectivity index (χ1n) is 7.07. The normalized spacial score (nSPS) is 25.0. The molecule has 17 heavy (non-hydrogen) atoms. The molecule has 0 radical (unpaired) electrons. The summed E-state index contributed by atoms with van der Waals surface area (Å²) in [6.07, 6.45) is 8.66. The number of hydrogen-bond donors (Lipinski definition) is 0. The molecule has 1 heterocycles. The molecule has 1 saturated heterocycles. The molecule has 0 aromatic rings. The molecule has 0 spiro atoms. The number of carbonyl (C=O) groups excluding carboxylic acids is 1. The Morgan fingerprint density at radius 1 is 1.12 bits per heavy atom. The lowest BCUT2D eigenvalue weighted by Gasteiger charge is -2.32. The Morgan fingerprint density at radius 3 is 2.35 bits per heavy atom. The van der Waals surface area contributed by atoms with Crippen LogP contribution in [0.2, 0.25) is 0 Å². The van der Waals surface area contributed by atoms with Gasteiger partial charge in [0.15, 0.2) is 0 Å². The molecule has 0 aromatic carbocycles. The second kappa shape index (κ2) is 6.50. The molecule has 3 heteroatoms. The summed E-state index contributed by atoms with van der Waals surface area (Å²) >= 11 is 0. The Hall–Kier alpha value is -0.410. The zero-order chi connectivity index (χ0) is 12.1. The third kappa shape index (κ3) is 3.78. The van der Waals surface area contributed by atoms with Gasteiger partial charge in [-0.15, -0.1) is 0 Å². The molecule has 0 aromatic heterocycles. The van der Waals surface area contributed by atoms with Gasteiger partial charge in [-0.1, -0.05) is 19.3 Å². The number of rotatable bonds is 4. The molecule has 2 aliphatic rings. The van der Waals surface area contributed by atoms with Crippen molar-refractivity contribution in [1.82, 2.24) is 4.90 Å². The van der Waals surface area contributed by atoms with Gasteiger partial charge in [0.05, 0.1) is 12.6 Å². The standard InChI is InChI=1S/C14H25NO2/c1-17-13-7-9-15(10-8-13)11-14(16)12-5-3-2-4-6-12/h12-13H,2-11H2,1H3. The fraction of sp³-hybridized carbons (Fsp3) is 0.929. The minimum atomic E-state index is 0.365. The van der Waals surface area contributed by atoms with E-state index in [4.69, 9.17) is 4.74 Å².